The number of nitrogens with one attached hydrogen (secondary N) is 2. The standard InChI is InChI=1S/C12H22N2O3S/c1-9(2)13-7-11(4)18(15,16)14-8-12-6-5-10(3)17-12/h5-6,9,11,13-14H,7-8H2,1-4H3. The molecule has 18 heavy (non-hydrogen) atoms. The number of aryl methyl sites for hydroxylation is 1. The van der Waals surface area contributed by atoms with Crippen molar-refractivity contribution in [1.29, 1.82) is 0 Å². The van der Waals surface area contributed by atoms with Crippen LogP contribution in [0.25, 0.3) is 0 Å². The van der Waals surface area contributed by atoms with E-state index in [9.17, 15) is 8.42 Å². The van der Waals surface area contributed by atoms with Crippen LogP contribution in [0, 0.1) is 6.92 Å². The molecule has 1 unspecified atom stereocenters. The number of rotatable bonds is 7. The summed E-state index contributed by atoms with van der Waals surface area (Å²) in [4.78, 5) is 0. The second kappa shape index (κ2) is 6.36. The summed E-state index contributed by atoms with van der Waals surface area (Å²) in [5, 5.41) is 2.64. The van der Waals surface area contributed by atoms with Crippen molar-refractivity contribution in [3.63, 3.8) is 0 Å². The van der Waals surface area contributed by atoms with Gasteiger partial charge < -0.3 is 9.73 Å². The monoisotopic (exact) mass is 274 g/mol. The minimum Gasteiger partial charge on any atom is -0.465 e. The lowest BCUT2D eigenvalue weighted by molar-refractivity contribution is 0.473. The molecule has 0 aromatic carbocycles. The van der Waals surface area contributed by atoms with Gasteiger partial charge in [-0.25, -0.2) is 13.1 Å². The van der Waals surface area contributed by atoms with Gasteiger partial charge in [-0.2, -0.15) is 0 Å². The molecule has 0 aliphatic heterocycles. The largest absolute Gasteiger partial charge is 0.465 e. The third kappa shape index (κ3) is 4.80. The van der Waals surface area contributed by atoms with Crippen molar-refractivity contribution >= 4 is 10.0 Å². The van der Waals surface area contributed by atoms with Crippen molar-refractivity contribution in [2.45, 2.75) is 45.5 Å². The molecular formula is C12H22N2O3S. The third-order valence-electron chi connectivity index (χ3n) is 2.59. The summed E-state index contributed by atoms with van der Waals surface area (Å²) in [6, 6.07) is 3.86. The van der Waals surface area contributed by atoms with Crippen LogP contribution in [0.4, 0.5) is 0 Å². The zero-order valence-corrected chi connectivity index (χ0v) is 12.2. The van der Waals surface area contributed by atoms with Gasteiger partial charge >= 0.3 is 0 Å². The van der Waals surface area contributed by atoms with Gasteiger partial charge in [0.15, 0.2) is 0 Å². The Morgan fingerprint density at radius 1 is 1.28 bits per heavy atom. The van der Waals surface area contributed by atoms with Crippen molar-refractivity contribution in [3.8, 4) is 0 Å². The lowest BCUT2D eigenvalue weighted by Gasteiger charge is -2.15. The highest BCUT2D eigenvalue weighted by Gasteiger charge is 2.20. The molecule has 2 N–H and O–H groups in total. The Kier molecular flexibility index (Phi) is 5.37. The first-order chi connectivity index (χ1) is 8.31. The van der Waals surface area contributed by atoms with Crippen molar-refractivity contribution in [3.05, 3.63) is 23.7 Å². The zero-order chi connectivity index (χ0) is 13.8. The molecule has 1 aromatic rings. The zero-order valence-electron chi connectivity index (χ0n) is 11.4. The average molecular weight is 274 g/mol. The molecule has 0 saturated carbocycles. The smallest absolute Gasteiger partial charge is 0.215 e. The van der Waals surface area contributed by atoms with Gasteiger partial charge in [0.05, 0.1) is 11.8 Å². The van der Waals surface area contributed by atoms with E-state index in [0.717, 1.165) is 5.76 Å². The molecule has 5 nitrogen and oxygen atoms in total. The fraction of sp³-hybridized carbons (Fsp3) is 0.667. The van der Waals surface area contributed by atoms with E-state index in [1.54, 1.807) is 13.0 Å². The quantitative estimate of drug-likeness (QED) is 0.788. The Labute approximate surface area is 109 Å². The molecule has 0 spiro atoms. The lowest BCUT2D eigenvalue weighted by Crippen LogP contribution is -2.40. The molecule has 1 atom stereocenters. The fourth-order valence-corrected chi connectivity index (χ4v) is 2.35. The minimum atomic E-state index is -3.32. The van der Waals surface area contributed by atoms with Gasteiger partial charge in [-0.3, -0.25) is 0 Å². The van der Waals surface area contributed by atoms with Gasteiger partial charge in [-0.15, -0.1) is 0 Å². The molecule has 0 fully saturated rings. The van der Waals surface area contributed by atoms with Crippen LogP contribution < -0.4 is 10.0 Å². The van der Waals surface area contributed by atoms with E-state index in [4.69, 9.17) is 4.42 Å². The van der Waals surface area contributed by atoms with Crippen LogP contribution in [0.15, 0.2) is 16.5 Å². The highest BCUT2D eigenvalue weighted by Crippen LogP contribution is 2.07. The van der Waals surface area contributed by atoms with E-state index in [2.05, 4.69) is 10.0 Å². The van der Waals surface area contributed by atoms with Crippen LogP contribution in [0.3, 0.4) is 0 Å². The van der Waals surface area contributed by atoms with E-state index in [0.29, 0.717) is 12.3 Å². The van der Waals surface area contributed by atoms with Crippen molar-refractivity contribution in [2.75, 3.05) is 6.54 Å². The van der Waals surface area contributed by atoms with Gasteiger partial charge in [-0.05, 0) is 26.0 Å². The van der Waals surface area contributed by atoms with Crippen LogP contribution in [0.1, 0.15) is 32.3 Å². The summed E-state index contributed by atoms with van der Waals surface area (Å²) < 4.78 is 31.7. The summed E-state index contributed by atoms with van der Waals surface area (Å²) in [5.74, 6) is 1.40. The van der Waals surface area contributed by atoms with Crippen LogP contribution >= 0.6 is 0 Å². The highest BCUT2D eigenvalue weighted by molar-refractivity contribution is 7.90. The number of hydrogen-bond donors (Lipinski definition) is 2. The van der Waals surface area contributed by atoms with Gasteiger partial charge in [0.2, 0.25) is 10.0 Å². The Hall–Kier alpha value is -0.850. The van der Waals surface area contributed by atoms with Crippen molar-refractivity contribution in [1.82, 2.24) is 10.0 Å². The molecule has 0 bridgehead atoms. The average Bonchev–Trinajstić information content (AvgIpc) is 2.69. The Balaban J connectivity index is 2.48. The maximum Gasteiger partial charge on any atom is 0.215 e. The fourth-order valence-electron chi connectivity index (χ4n) is 1.41. The first-order valence-corrected chi connectivity index (χ1v) is 7.63. The maximum atomic E-state index is 11.9. The molecule has 1 aromatic heterocycles. The van der Waals surface area contributed by atoms with Crippen LogP contribution in [0.5, 0.6) is 0 Å². The van der Waals surface area contributed by atoms with Crippen molar-refractivity contribution < 1.29 is 12.8 Å². The number of sulfonamides is 1. The first kappa shape index (κ1) is 15.2. The van der Waals surface area contributed by atoms with E-state index < -0.39 is 15.3 Å². The molecular weight excluding hydrogens is 252 g/mol. The first-order valence-electron chi connectivity index (χ1n) is 6.08. The topological polar surface area (TPSA) is 71.3 Å². The lowest BCUT2D eigenvalue weighted by atomic mass is 10.3. The third-order valence-corrected chi connectivity index (χ3v) is 4.36. The van der Waals surface area contributed by atoms with E-state index in [-0.39, 0.29) is 12.6 Å². The second-order valence-corrected chi connectivity index (χ2v) is 6.94. The molecule has 0 amide bonds. The van der Waals surface area contributed by atoms with Gasteiger partial charge in [-0.1, -0.05) is 13.8 Å². The normalized spacial score (nSPS) is 14.1. The van der Waals surface area contributed by atoms with Gasteiger partial charge in [0, 0.05) is 12.6 Å². The van der Waals surface area contributed by atoms with Crippen molar-refractivity contribution in [2.24, 2.45) is 0 Å². The van der Waals surface area contributed by atoms with E-state index in [1.165, 1.54) is 0 Å². The van der Waals surface area contributed by atoms with E-state index in [1.807, 2.05) is 26.8 Å². The van der Waals surface area contributed by atoms with Crippen LogP contribution in [-0.2, 0) is 16.6 Å². The summed E-state index contributed by atoms with van der Waals surface area (Å²) in [6.07, 6.45) is 0. The summed E-state index contributed by atoms with van der Waals surface area (Å²) in [6.45, 7) is 8.11. The molecule has 104 valence electrons. The molecule has 6 heteroatoms. The maximum absolute atomic E-state index is 11.9. The molecule has 0 radical (unpaired) electrons. The van der Waals surface area contributed by atoms with Gasteiger partial charge in [0.1, 0.15) is 11.5 Å². The summed E-state index contributed by atoms with van der Waals surface area (Å²) in [7, 11) is -3.32. The highest BCUT2D eigenvalue weighted by atomic mass is 32.2. The molecule has 0 saturated heterocycles. The Bertz CT molecular complexity index is 465. The molecule has 1 rings (SSSR count). The Morgan fingerprint density at radius 2 is 1.94 bits per heavy atom. The van der Waals surface area contributed by atoms with Crippen LogP contribution in [0.2, 0.25) is 0 Å². The van der Waals surface area contributed by atoms with Crippen LogP contribution in [-0.4, -0.2) is 26.3 Å². The minimum absolute atomic E-state index is 0.197. The summed E-state index contributed by atoms with van der Waals surface area (Å²) >= 11 is 0. The number of furan rings is 1. The summed E-state index contributed by atoms with van der Waals surface area (Å²) in [5.41, 5.74) is 0. The molecule has 0 aliphatic carbocycles. The molecule has 1 heterocycles. The number of hydrogen-bond acceptors (Lipinski definition) is 4. The predicted octanol–water partition coefficient (Wildman–Crippen LogP) is 1.39. The van der Waals surface area contributed by atoms with Gasteiger partial charge in [0.25, 0.3) is 0 Å². The Morgan fingerprint density at radius 3 is 2.44 bits per heavy atom. The molecule has 0 aliphatic rings. The predicted molar refractivity (Wildman–Crippen MR) is 71.8 cm³/mol. The van der Waals surface area contributed by atoms with E-state index >= 15 is 0 Å². The second-order valence-electron chi connectivity index (χ2n) is 4.75. The SMILES string of the molecule is Cc1ccc(CNS(=O)(=O)C(C)CNC(C)C)o1.